The monoisotopic (exact) mass is 330 g/mol. The lowest BCUT2D eigenvalue weighted by atomic mass is 10.1. The molecule has 0 aliphatic carbocycles. The second-order valence-corrected chi connectivity index (χ2v) is 7.42. The molecule has 3 rings (SSSR count). The number of aryl methyl sites for hydroxylation is 1. The quantitative estimate of drug-likeness (QED) is 0.770. The molecule has 1 aromatic heterocycles. The van der Waals surface area contributed by atoms with Gasteiger partial charge in [0, 0.05) is 10.7 Å². The predicted octanol–water partition coefficient (Wildman–Crippen LogP) is 0.477. The molecule has 1 aromatic rings. The molecule has 3 heterocycles. The first kappa shape index (κ1) is 13.9. The zero-order valence-electron chi connectivity index (χ0n) is 10.3. The number of nitrogens with two attached hydrogens (primary N) is 1. The van der Waals surface area contributed by atoms with Crippen molar-refractivity contribution >= 4 is 46.9 Å². The van der Waals surface area contributed by atoms with E-state index < -0.39 is 12.0 Å². The first-order chi connectivity index (χ1) is 9.49. The Morgan fingerprint density at radius 1 is 1.60 bits per heavy atom. The van der Waals surface area contributed by atoms with E-state index in [1.165, 1.54) is 40.0 Å². The number of amides is 1. The standard InChI is InChI=1S/C10H10N4O3S3/c1-3-12-10(20-13-3)19-4-2-18-8-5(11)7(15)14(8)6(4)9(16)17/h5,8H,2,11H2,1H3,(H,16,17). The smallest absolute Gasteiger partial charge is 0.353 e. The van der Waals surface area contributed by atoms with E-state index in [1.807, 2.05) is 0 Å². The number of carbonyl (C=O) groups is 2. The third-order valence-electron chi connectivity index (χ3n) is 2.90. The van der Waals surface area contributed by atoms with Crippen molar-refractivity contribution in [3.8, 4) is 0 Å². The number of thioether (sulfide) groups is 2. The normalized spacial score (nSPS) is 25.5. The van der Waals surface area contributed by atoms with Crippen LogP contribution in [-0.4, -0.2) is 48.4 Å². The van der Waals surface area contributed by atoms with Crippen molar-refractivity contribution in [2.45, 2.75) is 22.7 Å². The molecule has 106 valence electrons. The molecule has 7 nitrogen and oxygen atoms in total. The number of carbonyl (C=O) groups excluding carboxylic acids is 1. The summed E-state index contributed by atoms with van der Waals surface area (Å²) in [7, 11) is 0. The molecular weight excluding hydrogens is 320 g/mol. The Kier molecular flexibility index (Phi) is 3.48. The molecule has 0 aromatic carbocycles. The summed E-state index contributed by atoms with van der Waals surface area (Å²) in [6.45, 7) is 1.77. The molecule has 3 N–H and O–H groups in total. The van der Waals surface area contributed by atoms with Gasteiger partial charge in [-0.3, -0.25) is 9.69 Å². The predicted molar refractivity (Wildman–Crippen MR) is 76.2 cm³/mol. The molecule has 0 radical (unpaired) electrons. The van der Waals surface area contributed by atoms with Gasteiger partial charge in [0.05, 0.1) is 0 Å². The van der Waals surface area contributed by atoms with Crippen molar-refractivity contribution in [3.05, 3.63) is 16.4 Å². The van der Waals surface area contributed by atoms with Gasteiger partial charge in [-0.25, -0.2) is 9.78 Å². The Hall–Kier alpha value is -1.10. The van der Waals surface area contributed by atoms with E-state index in [0.717, 1.165) is 0 Å². The Bertz CT molecular complexity index is 629. The van der Waals surface area contributed by atoms with Crippen LogP contribution in [0.15, 0.2) is 14.9 Å². The first-order valence-electron chi connectivity index (χ1n) is 5.64. The maximum absolute atomic E-state index is 11.8. The molecule has 2 unspecified atom stereocenters. The minimum absolute atomic E-state index is 0.0262. The minimum Gasteiger partial charge on any atom is -0.477 e. The lowest BCUT2D eigenvalue weighted by Gasteiger charge is -2.47. The van der Waals surface area contributed by atoms with Crippen LogP contribution >= 0.6 is 35.1 Å². The number of nitrogens with zero attached hydrogens (tertiary/aromatic N) is 3. The van der Waals surface area contributed by atoms with Gasteiger partial charge < -0.3 is 10.8 Å². The maximum Gasteiger partial charge on any atom is 0.353 e. The largest absolute Gasteiger partial charge is 0.477 e. The second kappa shape index (κ2) is 5.02. The third kappa shape index (κ3) is 2.12. The molecular formula is C10H10N4O3S3. The summed E-state index contributed by atoms with van der Waals surface area (Å²) in [5.74, 6) is -0.295. The number of β-lactam (4-membered cyclic amide) rings is 1. The second-order valence-electron chi connectivity index (χ2n) is 4.22. The number of fused-ring (bicyclic) bond motifs is 1. The summed E-state index contributed by atoms with van der Waals surface area (Å²) in [4.78, 5) is 29.3. The molecule has 0 bridgehead atoms. The number of aliphatic carboxylic acids is 1. The fourth-order valence-electron chi connectivity index (χ4n) is 1.99. The van der Waals surface area contributed by atoms with Crippen molar-refractivity contribution in [2.75, 3.05) is 5.75 Å². The van der Waals surface area contributed by atoms with E-state index in [1.54, 1.807) is 6.92 Å². The van der Waals surface area contributed by atoms with Gasteiger partial charge in [0.15, 0.2) is 4.34 Å². The van der Waals surface area contributed by atoms with E-state index in [2.05, 4.69) is 9.36 Å². The number of rotatable bonds is 3. The zero-order chi connectivity index (χ0) is 14.4. The van der Waals surface area contributed by atoms with Crippen LogP contribution in [0.3, 0.4) is 0 Å². The highest BCUT2D eigenvalue weighted by Crippen LogP contribution is 2.44. The average Bonchev–Trinajstić information content (AvgIpc) is 2.82. The van der Waals surface area contributed by atoms with E-state index in [4.69, 9.17) is 5.73 Å². The van der Waals surface area contributed by atoms with Crippen molar-refractivity contribution < 1.29 is 14.7 Å². The van der Waals surface area contributed by atoms with Crippen LogP contribution in [0.4, 0.5) is 0 Å². The SMILES string of the molecule is Cc1nsc(SC2=C(C(=O)O)N3C(=O)C(N)C3SC2)n1. The summed E-state index contributed by atoms with van der Waals surface area (Å²) in [6.07, 6.45) is 0. The van der Waals surface area contributed by atoms with Crippen molar-refractivity contribution in [1.29, 1.82) is 0 Å². The van der Waals surface area contributed by atoms with Crippen LogP contribution in [0.1, 0.15) is 5.82 Å². The van der Waals surface area contributed by atoms with Crippen LogP contribution in [0, 0.1) is 6.92 Å². The van der Waals surface area contributed by atoms with Crippen molar-refractivity contribution in [2.24, 2.45) is 5.73 Å². The fraction of sp³-hybridized carbons (Fsp3) is 0.400. The molecule has 2 atom stereocenters. The highest BCUT2D eigenvalue weighted by Gasteiger charge is 2.51. The van der Waals surface area contributed by atoms with Gasteiger partial charge in [-0.05, 0) is 18.5 Å². The van der Waals surface area contributed by atoms with Gasteiger partial charge in [-0.15, -0.1) is 11.8 Å². The fourth-order valence-corrected chi connectivity index (χ4v) is 5.23. The van der Waals surface area contributed by atoms with Gasteiger partial charge in [-0.1, -0.05) is 11.8 Å². The number of hydrogen-bond donors (Lipinski definition) is 2. The van der Waals surface area contributed by atoms with Crippen LogP contribution in [0.25, 0.3) is 0 Å². The summed E-state index contributed by atoms with van der Waals surface area (Å²) >= 11 is 3.94. The van der Waals surface area contributed by atoms with Gasteiger partial charge in [0.2, 0.25) is 5.91 Å². The van der Waals surface area contributed by atoms with Gasteiger partial charge in [0.1, 0.15) is 22.9 Å². The number of carboxylic acids is 1. The molecule has 1 amide bonds. The topological polar surface area (TPSA) is 109 Å². The van der Waals surface area contributed by atoms with Crippen LogP contribution in [0.5, 0.6) is 0 Å². The first-order valence-corrected chi connectivity index (χ1v) is 8.27. The molecule has 0 saturated carbocycles. The minimum atomic E-state index is -1.11. The van der Waals surface area contributed by atoms with E-state index >= 15 is 0 Å². The zero-order valence-corrected chi connectivity index (χ0v) is 12.7. The Labute approximate surface area is 126 Å². The lowest BCUT2D eigenvalue weighted by molar-refractivity contribution is -0.147. The van der Waals surface area contributed by atoms with E-state index in [-0.39, 0.29) is 17.0 Å². The van der Waals surface area contributed by atoms with Crippen LogP contribution < -0.4 is 5.73 Å². The van der Waals surface area contributed by atoms with Crippen molar-refractivity contribution in [3.63, 3.8) is 0 Å². The Morgan fingerprint density at radius 3 is 2.95 bits per heavy atom. The molecule has 1 saturated heterocycles. The summed E-state index contributed by atoms with van der Waals surface area (Å²) in [5.41, 5.74) is 5.71. The molecule has 10 heteroatoms. The molecule has 2 aliphatic rings. The molecule has 1 fully saturated rings. The molecule has 2 aliphatic heterocycles. The van der Waals surface area contributed by atoms with E-state index in [0.29, 0.717) is 20.8 Å². The Morgan fingerprint density at radius 2 is 2.35 bits per heavy atom. The third-order valence-corrected chi connectivity index (χ3v) is 6.31. The molecule has 20 heavy (non-hydrogen) atoms. The lowest BCUT2D eigenvalue weighted by Crippen LogP contribution is -2.68. The summed E-state index contributed by atoms with van der Waals surface area (Å²) in [5, 5.41) is 9.10. The average molecular weight is 330 g/mol. The Balaban J connectivity index is 1.94. The highest BCUT2D eigenvalue weighted by molar-refractivity contribution is 8.07. The van der Waals surface area contributed by atoms with Gasteiger partial charge in [0.25, 0.3) is 0 Å². The summed E-state index contributed by atoms with van der Waals surface area (Å²) in [6, 6.07) is -0.607. The summed E-state index contributed by atoms with van der Waals surface area (Å²) < 4.78 is 4.73. The maximum atomic E-state index is 11.8. The van der Waals surface area contributed by atoms with Crippen molar-refractivity contribution in [1.82, 2.24) is 14.3 Å². The molecule has 0 spiro atoms. The van der Waals surface area contributed by atoms with Gasteiger partial charge >= 0.3 is 5.97 Å². The van der Waals surface area contributed by atoms with Crippen LogP contribution in [-0.2, 0) is 9.59 Å². The number of carboxylic acid groups (broad SMARTS) is 1. The van der Waals surface area contributed by atoms with Gasteiger partial charge in [-0.2, -0.15) is 4.37 Å². The van der Waals surface area contributed by atoms with Crippen LogP contribution in [0.2, 0.25) is 0 Å². The number of aromatic nitrogens is 2. The highest BCUT2D eigenvalue weighted by atomic mass is 32.2. The number of hydrogen-bond acceptors (Lipinski definition) is 8. The van der Waals surface area contributed by atoms with E-state index in [9.17, 15) is 14.7 Å².